The van der Waals surface area contributed by atoms with Crippen LogP contribution in [0.2, 0.25) is 5.28 Å². The van der Waals surface area contributed by atoms with Crippen LogP contribution in [-0.4, -0.2) is 23.0 Å². The van der Waals surface area contributed by atoms with E-state index in [9.17, 15) is 4.79 Å². The molecule has 0 amide bonds. The average Bonchev–Trinajstić information content (AvgIpc) is 2.16. The molecule has 0 fully saturated rings. The Kier molecular flexibility index (Phi) is 3.19. The fourth-order valence-electron chi connectivity index (χ4n) is 0.943. The minimum absolute atomic E-state index is 0.143. The largest absolute Gasteiger partial charge is 0.465 e. The van der Waals surface area contributed by atoms with Gasteiger partial charge in [0.1, 0.15) is 0 Å². The molecule has 0 N–H and O–H groups in total. The molecule has 0 aliphatic carbocycles. The Morgan fingerprint density at radius 3 is 2.92 bits per heavy atom. The Morgan fingerprint density at radius 2 is 2.38 bits per heavy atom. The molecule has 0 aliphatic heterocycles. The van der Waals surface area contributed by atoms with Gasteiger partial charge in [-0.05, 0) is 18.0 Å². The number of hydrogen-bond donors (Lipinski definition) is 0. The molecule has 0 atom stereocenters. The first-order chi connectivity index (χ1) is 6.19. The zero-order chi connectivity index (χ0) is 9.84. The van der Waals surface area contributed by atoms with Crippen molar-refractivity contribution in [3.05, 3.63) is 22.7 Å². The maximum Gasteiger partial charge on any atom is 0.341 e. The Labute approximate surface area is 80.9 Å². The number of methoxy groups -OCH3 is 1. The van der Waals surface area contributed by atoms with Crippen molar-refractivity contribution in [2.75, 3.05) is 7.11 Å². The molecule has 1 rings (SSSR count). The normalized spacial score (nSPS) is 9.77. The van der Waals surface area contributed by atoms with Gasteiger partial charge >= 0.3 is 5.97 Å². The van der Waals surface area contributed by atoms with Gasteiger partial charge in [0.25, 0.3) is 0 Å². The van der Waals surface area contributed by atoms with E-state index >= 15 is 0 Å². The monoisotopic (exact) mass is 200 g/mol. The molecule has 0 aliphatic rings. The van der Waals surface area contributed by atoms with E-state index in [0.29, 0.717) is 17.7 Å². The number of esters is 1. The van der Waals surface area contributed by atoms with E-state index in [1.54, 1.807) is 0 Å². The molecular formula is C8H9ClN2O2. The minimum Gasteiger partial charge on any atom is -0.465 e. The molecule has 70 valence electrons. The predicted molar refractivity (Wildman–Crippen MR) is 47.8 cm³/mol. The zero-order valence-electron chi connectivity index (χ0n) is 7.37. The summed E-state index contributed by atoms with van der Waals surface area (Å²) in [5, 5.41) is 0.143. The van der Waals surface area contributed by atoms with Crippen molar-refractivity contribution in [1.82, 2.24) is 9.97 Å². The highest BCUT2D eigenvalue weighted by Gasteiger charge is 2.12. The van der Waals surface area contributed by atoms with Crippen molar-refractivity contribution < 1.29 is 9.53 Å². The van der Waals surface area contributed by atoms with Crippen LogP contribution in [0.5, 0.6) is 0 Å². The summed E-state index contributed by atoms with van der Waals surface area (Å²) in [6, 6.07) is 0. The quantitative estimate of drug-likeness (QED) is 0.536. The van der Waals surface area contributed by atoms with Gasteiger partial charge in [-0.1, -0.05) is 6.92 Å². The van der Waals surface area contributed by atoms with Gasteiger partial charge in [0.05, 0.1) is 18.4 Å². The molecule has 4 nitrogen and oxygen atoms in total. The van der Waals surface area contributed by atoms with Crippen molar-refractivity contribution in [2.45, 2.75) is 13.3 Å². The number of carbonyl (C=O) groups is 1. The Balaban J connectivity index is 3.13. The molecular weight excluding hydrogens is 192 g/mol. The van der Waals surface area contributed by atoms with Crippen LogP contribution in [-0.2, 0) is 11.2 Å². The van der Waals surface area contributed by atoms with E-state index in [-0.39, 0.29) is 5.28 Å². The molecule has 0 unspecified atom stereocenters. The van der Waals surface area contributed by atoms with E-state index in [4.69, 9.17) is 11.6 Å². The van der Waals surface area contributed by atoms with E-state index in [1.165, 1.54) is 13.3 Å². The van der Waals surface area contributed by atoms with Crippen LogP contribution in [0.3, 0.4) is 0 Å². The highest BCUT2D eigenvalue weighted by molar-refractivity contribution is 6.28. The van der Waals surface area contributed by atoms with Crippen molar-refractivity contribution in [3.8, 4) is 0 Å². The lowest BCUT2D eigenvalue weighted by atomic mass is 10.2. The third-order valence-corrected chi connectivity index (χ3v) is 1.76. The molecule has 1 aromatic heterocycles. The Morgan fingerprint density at radius 1 is 1.69 bits per heavy atom. The molecule has 0 aromatic carbocycles. The molecule has 0 bridgehead atoms. The molecule has 5 heteroatoms. The van der Waals surface area contributed by atoms with Gasteiger partial charge in [0.15, 0.2) is 0 Å². The van der Waals surface area contributed by atoms with Crippen LogP contribution in [0.25, 0.3) is 0 Å². The van der Waals surface area contributed by atoms with Crippen LogP contribution in [0.1, 0.15) is 23.0 Å². The highest BCUT2D eigenvalue weighted by atomic mass is 35.5. The molecule has 1 aromatic rings. The maximum absolute atomic E-state index is 11.2. The minimum atomic E-state index is -0.437. The molecule has 1 heterocycles. The second-order valence-corrected chi connectivity index (χ2v) is 2.68. The van der Waals surface area contributed by atoms with Crippen LogP contribution in [0.15, 0.2) is 6.20 Å². The number of halogens is 1. The lowest BCUT2D eigenvalue weighted by Crippen LogP contribution is -2.08. The van der Waals surface area contributed by atoms with E-state index in [1.807, 2.05) is 6.92 Å². The number of carbonyl (C=O) groups excluding carboxylic acids is 1. The molecule has 13 heavy (non-hydrogen) atoms. The maximum atomic E-state index is 11.2. The van der Waals surface area contributed by atoms with E-state index < -0.39 is 5.97 Å². The smallest absolute Gasteiger partial charge is 0.341 e. The van der Waals surface area contributed by atoms with E-state index in [0.717, 1.165) is 0 Å². The standard InChI is InChI=1S/C8H9ClN2O2/c1-3-6-5(7(12)13-2)4-10-8(9)11-6/h4H,3H2,1-2H3. The number of nitrogens with zero attached hydrogens (tertiary/aromatic N) is 2. The number of aryl methyl sites for hydroxylation is 1. The third-order valence-electron chi connectivity index (χ3n) is 1.58. The number of ether oxygens (including phenoxy) is 1. The van der Waals surface area contributed by atoms with Gasteiger partial charge in [-0.15, -0.1) is 0 Å². The van der Waals surface area contributed by atoms with Crippen molar-refractivity contribution in [2.24, 2.45) is 0 Å². The summed E-state index contributed by atoms with van der Waals surface area (Å²) in [4.78, 5) is 18.8. The first-order valence-corrected chi connectivity index (χ1v) is 4.16. The van der Waals surface area contributed by atoms with Gasteiger partial charge in [-0.3, -0.25) is 0 Å². The lowest BCUT2D eigenvalue weighted by molar-refractivity contribution is 0.0598. The number of hydrogen-bond acceptors (Lipinski definition) is 4. The summed E-state index contributed by atoms with van der Waals surface area (Å²) in [6.45, 7) is 1.88. The first kappa shape index (κ1) is 9.92. The van der Waals surface area contributed by atoms with Crippen LogP contribution < -0.4 is 0 Å². The fraction of sp³-hybridized carbons (Fsp3) is 0.375. The summed E-state index contributed by atoms with van der Waals surface area (Å²) in [5.41, 5.74) is 0.973. The van der Waals surface area contributed by atoms with Gasteiger partial charge in [-0.25, -0.2) is 14.8 Å². The Bertz CT molecular complexity index is 328. The summed E-state index contributed by atoms with van der Waals surface area (Å²) < 4.78 is 4.56. The van der Waals surface area contributed by atoms with Gasteiger partial charge in [-0.2, -0.15) is 0 Å². The predicted octanol–water partition coefficient (Wildman–Crippen LogP) is 1.48. The van der Waals surface area contributed by atoms with Crippen LogP contribution in [0.4, 0.5) is 0 Å². The summed E-state index contributed by atoms with van der Waals surface area (Å²) in [7, 11) is 1.32. The average molecular weight is 201 g/mol. The van der Waals surface area contributed by atoms with Crippen LogP contribution >= 0.6 is 11.6 Å². The Hall–Kier alpha value is -1.16. The lowest BCUT2D eigenvalue weighted by Gasteiger charge is -2.03. The zero-order valence-corrected chi connectivity index (χ0v) is 8.13. The first-order valence-electron chi connectivity index (χ1n) is 3.78. The molecule has 0 saturated heterocycles. The number of aromatic nitrogens is 2. The third kappa shape index (κ3) is 2.15. The van der Waals surface area contributed by atoms with Crippen molar-refractivity contribution >= 4 is 17.6 Å². The van der Waals surface area contributed by atoms with Gasteiger partial charge in [0.2, 0.25) is 5.28 Å². The topological polar surface area (TPSA) is 52.1 Å². The fourth-order valence-corrected chi connectivity index (χ4v) is 1.09. The molecule has 0 radical (unpaired) electrons. The highest BCUT2D eigenvalue weighted by Crippen LogP contribution is 2.10. The molecule has 0 saturated carbocycles. The number of rotatable bonds is 2. The SMILES string of the molecule is CCc1nc(Cl)ncc1C(=O)OC. The second kappa shape index (κ2) is 4.18. The summed E-state index contributed by atoms with van der Waals surface area (Å²) in [5.74, 6) is -0.437. The molecule has 0 spiro atoms. The van der Waals surface area contributed by atoms with Crippen molar-refractivity contribution in [3.63, 3.8) is 0 Å². The van der Waals surface area contributed by atoms with Gasteiger partial charge in [0, 0.05) is 6.20 Å². The summed E-state index contributed by atoms with van der Waals surface area (Å²) in [6.07, 6.45) is 1.99. The second-order valence-electron chi connectivity index (χ2n) is 2.34. The summed E-state index contributed by atoms with van der Waals surface area (Å²) >= 11 is 5.57. The van der Waals surface area contributed by atoms with Crippen molar-refractivity contribution in [1.29, 1.82) is 0 Å². The van der Waals surface area contributed by atoms with Crippen LogP contribution in [0, 0.1) is 0 Å². The van der Waals surface area contributed by atoms with Gasteiger partial charge < -0.3 is 4.74 Å². The van der Waals surface area contributed by atoms with E-state index in [2.05, 4.69) is 14.7 Å².